The van der Waals surface area contributed by atoms with E-state index < -0.39 is 0 Å². The normalized spacial score (nSPS) is 12.4. The lowest BCUT2D eigenvalue weighted by molar-refractivity contribution is 0.733. The number of halogens is 1. The molecule has 1 atom stereocenters. The molecule has 0 aliphatic rings. The summed E-state index contributed by atoms with van der Waals surface area (Å²) in [5, 5.41) is 2.19. The van der Waals surface area contributed by atoms with Crippen LogP contribution in [0.1, 0.15) is 23.6 Å². The van der Waals surface area contributed by atoms with Gasteiger partial charge in [0.25, 0.3) is 0 Å². The van der Waals surface area contributed by atoms with Crippen LogP contribution in [-0.2, 0) is 13.0 Å². The van der Waals surface area contributed by atoms with Gasteiger partial charge < -0.3 is 10.6 Å². The number of benzene rings is 1. The van der Waals surface area contributed by atoms with Crippen LogP contribution in [0.25, 0.3) is 0 Å². The number of nitrogens with two attached hydrogens (primary N) is 1. The van der Waals surface area contributed by atoms with E-state index in [9.17, 15) is 0 Å². The van der Waals surface area contributed by atoms with Crippen molar-refractivity contribution in [1.29, 1.82) is 0 Å². The number of rotatable bonds is 5. The zero-order chi connectivity index (χ0) is 14.7. The molecule has 2 rings (SSSR count). The van der Waals surface area contributed by atoms with Crippen molar-refractivity contribution >= 4 is 33.0 Å². The highest BCUT2D eigenvalue weighted by atomic mass is 79.9. The Labute approximate surface area is 133 Å². The van der Waals surface area contributed by atoms with E-state index in [4.69, 9.17) is 5.73 Å². The lowest BCUT2D eigenvalue weighted by Gasteiger charge is -2.23. The predicted octanol–water partition coefficient (Wildman–Crippen LogP) is 4.35. The highest BCUT2D eigenvalue weighted by Gasteiger charge is 2.10. The lowest BCUT2D eigenvalue weighted by Crippen LogP contribution is -2.22. The number of nitrogens with zero attached hydrogens (tertiary/aromatic N) is 1. The van der Waals surface area contributed by atoms with E-state index in [1.165, 1.54) is 26.2 Å². The Morgan fingerprint density at radius 3 is 2.70 bits per heavy atom. The van der Waals surface area contributed by atoms with Crippen molar-refractivity contribution in [2.45, 2.75) is 32.9 Å². The third kappa shape index (κ3) is 4.08. The van der Waals surface area contributed by atoms with Crippen LogP contribution in [0.5, 0.6) is 0 Å². The second kappa shape index (κ2) is 6.74. The Balaban J connectivity index is 2.21. The molecule has 0 aliphatic heterocycles. The van der Waals surface area contributed by atoms with Crippen LogP contribution in [-0.4, -0.2) is 13.1 Å². The Bertz CT molecular complexity index is 578. The van der Waals surface area contributed by atoms with E-state index >= 15 is 0 Å². The van der Waals surface area contributed by atoms with Crippen molar-refractivity contribution in [2.24, 2.45) is 5.73 Å². The van der Waals surface area contributed by atoms with Crippen molar-refractivity contribution in [3.63, 3.8) is 0 Å². The summed E-state index contributed by atoms with van der Waals surface area (Å²) in [6.07, 6.45) is 0.911. The minimum Gasteiger partial charge on any atom is -0.370 e. The fraction of sp³-hybridized carbons (Fsp3) is 0.375. The van der Waals surface area contributed by atoms with Crippen LogP contribution in [0.4, 0.5) is 5.69 Å². The molecule has 0 saturated heterocycles. The minimum absolute atomic E-state index is 0.180. The van der Waals surface area contributed by atoms with Crippen LogP contribution in [0, 0.1) is 6.92 Å². The molecule has 0 amide bonds. The van der Waals surface area contributed by atoms with Crippen molar-refractivity contribution < 1.29 is 0 Å². The van der Waals surface area contributed by atoms with Gasteiger partial charge >= 0.3 is 0 Å². The van der Waals surface area contributed by atoms with Crippen molar-refractivity contribution in [1.82, 2.24) is 0 Å². The van der Waals surface area contributed by atoms with Gasteiger partial charge in [0.1, 0.15) is 0 Å². The van der Waals surface area contributed by atoms with Gasteiger partial charge in [0.15, 0.2) is 0 Å². The zero-order valence-electron chi connectivity index (χ0n) is 12.2. The molecule has 2 N–H and O–H groups in total. The molecule has 0 fully saturated rings. The third-order valence-corrected chi connectivity index (χ3v) is 4.78. The Morgan fingerprint density at radius 1 is 1.35 bits per heavy atom. The quantitative estimate of drug-likeness (QED) is 0.866. The predicted molar refractivity (Wildman–Crippen MR) is 92.7 cm³/mol. The molecule has 20 heavy (non-hydrogen) atoms. The fourth-order valence-corrected chi connectivity index (χ4v) is 3.59. The molecule has 1 aromatic heterocycles. The van der Waals surface area contributed by atoms with Gasteiger partial charge in [0, 0.05) is 25.3 Å². The van der Waals surface area contributed by atoms with Crippen molar-refractivity contribution in [3.05, 3.63) is 50.1 Å². The summed E-state index contributed by atoms with van der Waals surface area (Å²) in [5.41, 5.74) is 11.2. The third-order valence-electron chi connectivity index (χ3n) is 3.23. The molecule has 0 radical (unpaired) electrons. The van der Waals surface area contributed by atoms with Crippen LogP contribution in [0.3, 0.4) is 0 Å². The summed E-state index contributed by atoms with van der Waals surface area (Å²) in [6, 6.07) is 8.98. The smallest absolute Gasteiger partial charge is 0.0701 e. The Morgan fingerprint density at radius 2 is 2.10 bits per heavy atom. The van der Waals surface area contributed by atoms with E-state index in [1.807, 2.05) is 0 Å². The van der Waals surface area contributed by atoms with E-state index in [0.717, 1.165) is 13.0 Å². The van der Waals surface area contributed by atoms with E-state index in [-0.39, 0.29) is 6.04 Å². The second-order valence-corrected chi connectivity index (χ2v) is 7.72. The summed E-state index contributed by atoms with van der Waals surface area (Å²) in [6.45, 7) is 5.10. The fourth-order valence-electron chi connectivity index (χ4n) is 2.38. The summed E-state index contributed by atoms with van der Waals surface area (Å²) in [7, 11) is 2.14. The first-order valence-electron chi connectivity index (χ1n) is 6.75. The topological polar surface area (TPSA) is 29.3 Å². The Kier molecular flexibility index (Phi) is 5.24. The van der Waals surface area contributed by atoms with E-state index in [2.05, 4.69) is 71.4 Å². The van der Waals surface area contributed by atoms with E-state index in [0.29, 0.717) is 0 Å². The first-order valence-corrected chi connectivity index (χ1v) is 8.42. The monoisotopic (exact) mass is 352 g/mol. The number of thiophene rings is 1. The SMILES string of the molecule is Cc1ccc(N(C)Cc2csc(Br)c2)c(CC(C)N)c1. The van der Waals surface area contributed by atoms with Gasteiger partial charge in [-0.05, 0) is 64.8 Å². The van der Waals surface area contributed by atoms with Crippen LogP contribution in [0.15, 0.2) is 33.4 Å². The van der Waals surface area contributed by atoms with Gasteiger partial charge in [-0.3, -0.25) is 0 Å². The van der Waals surface area contributed by atoms with Crippen LogP contribution >= 0.6 is 27.3 Å². The van der Waals surface area contributed by atoms with E-state index in [1.54, 1.807) is 11.3 Å². The molecule has 1 unspecified atom stereocenters. The van der Waals surface area contributed by atoms with Gasteiger partial charge in [-0.25, -0.2) is 0 Å². The van der Waals surface area contributed by atoms with Crippen molar-refractivity contribution in [2.75, 3.05) is 11.9 Å². The summed E-state index contributed by atoms with van der Waals surface area (Å²) in [4.78, 5) is 2.30. The molecule has 0 aliphatic carbocycles. The van der Waals surface area contributed by atoms with Crippen LogP contribution < -0.4 is 10.6 Å². The zero-order valence-corrected chi connectivity index (χ0v) is 14.6. The Hall–Kier alpha value is -0.840. The summed E-state index contributed by atoms with van der Waals surface area (Å²) in [5.74, 6) is 0. The first kappa shape index (κ1) is 15.5. The van der Waals surface area contributed by atoms with Gasteiger partial charge in [0.05, 0.1) is 3.79 Å². The average molecular weight is 353 g/mol. The second-order valence-electron chi connectivity index (χ2n) is 5.43. The molecule has 0 bridgehead atoms. The molecule has 0 saturated carbocycles. The molecule has 1 aromatic carbocycles. The highest BCUT2D eigenvalue weighted by Crippen LogP contribution is 2.26. The van der Waals surface area contributed by atoms with Crippen LogP contribution in [0.2, 0.25) is 0 Å². The van der Waals surface area contributed by atoms with Crippen molar-refractivity contribution in [3.8, 4) is 0 Å². The molecule has 2 aromatic rings. The summed E-state index contributed by atoms with van der Waals surface area (Å²) < 4.78 is 1.18. The number of hydrogen-bond acceptors (Lipinski definition) is 3. The largest absolute Gasteiger partial charge is 0.370 e. The van der Waals surface area contributed by atoms with Gasteiger partial charge in [0.2, 0.25) is 0 Å². The van der Waals surface area contributed by atoms with Gasteiger partial charge in [-0.15, -0.1) is 11.3 Å². The molecular formula is C16H21BrN2S. The number of aryl methyl sites for hydroxylation is 1. The first-order chi connectivity index (χ1) is 9.45. The minimum atomic E-state index is 0.180. The maximum atomic E-state index is 5.98. The highest BCUT2D eigenvalue weighted by molar-refractivity contribution is 9.11. The number of anilines is 1. The molecule has 0 spiro atoms. The summed E-state index contributed by atoms with van der Waals surface area (Å²) >= 11 is 5.25. The maximum absolute atomic E-state index is 5.98. The average Bonchev–Trinajstić information content (AvgIpc) is 2.73. The lowest BCUT2D eigenvalue weighted by atomic mass is 10.0. The standard InChI is InChI=1S/C16H21BrN2S/c1-11-4-5-15(14(6-11)7-12(2)18)19(3)9-13-8-16(17)20-10-13/h4-6,8,10,12H,7,9,18H2,1-3H3. The van der Waals surface area contributed by atoms with Gasteiger partial charge in [-0.1, -0.05) is 17.7 Å². The molecule has 1 heterocycles. The van der Waals surface area contributed by atoms with Gasteiger partial charge in [-0.2, -0.15) is 0 Å². The maximum Gasteiger partial charge on any atom is 0.0701 e. The molecule has 108 valence electrons. The molecular weight excluding hydrogens is 332 g/mol. The molecule has 2 nitrogen and oxygen atoms in total. The molecule has 4 heteroatoms. The number of hydrogen-bond donors (Lipinski definition) is 1.